The fraction of sp³-hybridized carbons (Fsp3) is 0.0667. The van der Waals surface area contributed by atoms with Crippen LogP contribution < -0.4 is 5.73 Å². The minimum Gasteiger partial charge on any atom is -0.457 e. The molecule has 100 valence electrons. The number of carbonyl (C=O) groups is 1. The van der Waals surface area contributed by atoms with Gasteiger partial charge in [0.1, 0.15) is 6.61 Å². The first kappa shape index (κ1) is 13.9. The zero-order valence-electron chi connectivity index (χ0n) is 10.5. The lowest BCUT2D eigenvalue weighted by molar-refractivity contribution is 0.0473. The number of esters is 1. The molecular formula is C15H11ClN2O2. The van der Waals surface area contributed by atoms with Crippen molar-refractivity contribution in [3.05, 3.63) is 64.2 Å². The van der Waals surface area contributed by atoms with Gasteiger partial charge in [-0.1, -0.05) is 23.7 Å². The van der Waals surface area contributed by atoms with Crippen molar-refractivity contribution >= 4 is 23.3 Å². The van der Waals surface area contributed by atoms with Crippen molar-refractivity contribution in [3.63, 3.8) is 0 Å². The third-order valence-electron chi connectivity index (χ3n) is 2.64. The Kier molecular flexibility index (Phi) is 4.24. The van der Waals surface area contributed by atoms with E-state index in [1.54, 1.807) is 36.4 Å². The Hall–Kier alpha value is -2.51. The van der Waals surface area contributed by atoms with Gasteiger partial charge in [0, 0.05) is 5.69 Å². The summed E-state index contributed by atoms with van der Waals surface area (Å²) in [5.41, 5.74) is 7.52. The minimum absolute atomic E-state index is 0.0689. The van der Waals surface area contributed by atoms with Crippen molar-refractivity contribution in [1.29, 1.82) is 5.26 Å². The van der Waals surface area contributed by atoms with Gasteiger partial charge in [-0.05, 0) is 35.9 Å². The van der Waals surface area contributed by atoms with Gasteiger partial charge >= 0.3 is 5.97 Å². The van der Waals surface area contributed by atoms with Crippen molar-refractivity contribution in [2.24, 2.45) is 0 Å². The maximum Gasteiger partial charge on any atom is 0.340 e. The van der Waals surface area contributed by atoms with Gasteiger partial charge in [-0.3, -0.25) is 0 Å². The minimum atomic E-state index is -0.551. The van der Waals surface area contributed by atoms with Crippen molar-refractivity contribution in [1.82, 2.24) is 0 Å². The van der Waals surface area contributed by atoms with Gasteiger partial charge in [0.2, 0.25) is 0 Å². The van der Waals surface area contributed by atoms with Crippen LogP contribution in [0.5, 0.6) is 0 Å². The number of halogens is 1. The van der Waals surface area contributed by atoms with Gasteiger partial charge in [-0.2, -0.15) is 5.26 Å². The molecule has 0 radical (unpaired) electrons. The Morgan fingerprint density at radius 1 is 1.30 bits per heavy atom. The highest BCUT2D eigenvalue weighted by atomic mass is 35.5. The van der Waals surface area contributed by atoms with Gasteiger partial charge in [-0.15, -0.1) is 0 Å². The molecule has 5 heteroatoms. The summed E-state index contributed by atoms with van der Waals surface area (Å²) in [4.78, 5) is 11.9. The van der Waals surface area contributed by atoms with E-state index >= 15 is 0 Å². The highest BCUT2D eigenvalue weighted by molar-refractivity contribution is 6.33. The highest BCUT2D eigenvalue weighted by Gasteiger charge is 2.12. The molecule has 0 aliphatic heterocycles. The predicted octanol–water partition coefficient (Wildman–Crippen LogP) is 3.15. The third-order valence-corrected chi connectivity index (χ3v) is 2.97. The predicted molar refractivity (Wildman–Crippen MR) is 76.1 cm³/mol. The van der Waals surface area contributed by atoms with Crippen LogP contribution in [0.25, 0.3) is 0 Å². The average molecular weight is 287 g/mol. The molecule has 2 N–H and O–H groups in total. The molecule has 2 aromatic carbocycles. The van der Waals surface area contributed by atoms with Crippen molar-refractivity contribution in [3.8, 4) is 6.07 Å². The lowest BCUT2D eigenvalue weighted by atomic mass is 10.1. The molecule has 0 aromatic heterocycles. The van der Waals surface area contributed by atoms with E-state index in [4.69, 9.17) is 27.3 Å². The van der Waals surface area contributed by atoms with E-state index < -0.39 is 5.97 Å². The molecule has 0 saturated carbocycles. The molecule has 0 atom stereocenters. The normalized spacial score (nSPS) is 9.80. The van der Waals surface area contributed by atoms with Crippen LogP contribution >= 0.6 is 11.6 Å². The summed E-state index contributed by atoms with van der Waals surface area (Å²) in [6, 6.07) is 13.5. The third kappa shape index (κ3) is 3.28. The number of nitrogen functional groups attached to an aromatic ring is 1. The van der Waals surface area contributed by atoms with E-state index in [0.29, 0.717) is 11.3 Å². The first-order valence-electron chi connectivity index (χ1n) is 5.81. The number of carbonyl (C=O) groups excluding carboxylic acids is 1. The number of rotatable bonds is 3. The molecule has 2 aromatic rings. The summed E-state index contributed by atoms with van der Waals surface area (Å²) >= 11 is 5.92. The molecule has 0 fully saturated rings. The Morgan fingerprint density at radius 2 is 2.10 bits per heavy atom. The van der Waals surface area contributed by atoms with Crippen LogP contribution in [0, 0.1) is 11.3 Å². The van der Waals surface area contributed by atoms with Crippen LogP contribution in [0.15, 0.2) is 42.5 Å². The molecule has 0 aliphatic rings. The van der Waals surface area contributed by atoms with E-state index in [9.17, 15) is 4.79 Å². The zero-order chi connectivity index (χ0) is 14.5. The summed E-state index contributed by atoms with van der Waals surface area (Å²) in [6.07, 6.45) is 0. The molecule has 0 spiro atoms. The molecule has 0 aliphatic carbocycles. The standard InChI is InChI=1S/C15H11ClN2O2/c16-14-5-4-12(18)7-13(14)15(19)20-9-11-3-1-2-10(6-11)8-17/h1-7H,9,18H2. The Morgan fingerprint density at radius 3 is 2.85 bits per heavy atom. The van der Waals surface area contributed by atoms with Crippen molar-refractivity contribution in [2.45, 2.75) is 6.61 Å². The number of nitriles is 1. The van der Waals surface area contributed by atoms with E-state index in [1.165, 1.54) is 6.07 Å². The molecule has 2 rings (SSSR count). The van der Waals surface area contributed by atoms with Crippen LogP contribution in [-0.2, 0) is 11.3 Å². The molecule has 4 nitrogen and oxygen atoms in total. The average Bonchev–Trinajstić information content (AvgIpc) is 2.47. The molecule has 0 bridgehead atoms. The van der Waals surface area contributed by atoms with Crippen LogP contribution in [0.3, 0.4) is 0 Å². The zero-order valence-corrected chi connectivity index (χ0v) is 11.2. The summed E-state index contributed by atoms with van der Waals surface area (Å²) in [5.74, 6) is -0.551. The highest BCUT2D eigenvalue weighted by Crippen LogP contribution is 2.20. The second-order valence-electron chi connectivity index (χ2n) is 4.13. The van der Waals surface area contributed by atoms with E-state index in [1.807, 2.05) is 6.07 Å². The van der Waals surface area contributed by atoms with Gasteiger partial charge in [-0.25, -0.2) is 4.79 Å². The maximum atomic E-state index is 11.9. The van der Waals surface area contributed by atoms with Crippen molar-refractivity contribution < 1.29 is 9.53 Å². The summed E-state index contributed by atoms with van der Waals surface area (Å²) in [6.45, 7) is 0.0689. The SMILES string of the molecule is N#Cc1cccc(COC(=O)c2cc(N)ccc2Cl)c1. The summed E-state index contributed by atoms with van der Waals surface area (Å²) in [5, 5.41) is 9.08. The quantitative estimate of drug-likeness (QED) is 0.694. The number of hydrogen-bond acceptors (Lipinski definition) is 4. The molecule has 20 heavy (non-hydrogen) atoms. The lowest BCUT2D eigenvalue weighted by Gasteiger charge is -2.07. The first-order valence-corrected chi connectivity index (χ1v) is 6.19. The number of benzene rings is 2. The first-order chi connectivity index (χ1) is 9.60. The summed E-state index contributed by atoms with van der Waals surface area (Å²) < 4.78 is 5.16. The van der Waals surface area contributed by atoms with Gasteiger partial charge in [0.15, 0.2) is 0 Å². The fourth-order valence-corrected chi connectivity index (χ4v) is 1.85. The molecule has 0 unspecified atom stereocenters. The lowest BCUT2D eigenvalue weighted by Crippen LogP contribution is -2.06. The van der Waals surface area contributed by atoms with Gasteiger partial charge in [0.25, 0.3) is 0 Å². The Bertz CT molecular complexity index is 693. The second-order valence-corrected chi connectivity index (χ2v) is 4.53. The van der Waals surface area contributed by atoms with Crippen LogP contribution in [0.1, 0.15) is 21.5 Å². The molecule has 0 saturated heterocycles. The number of ether oxygens (including phenoxy) is 1. The van der Waals surface area contributed by atoms with Crippen LogP contribution in [0.2, 0.25) is 5.02 Å². The molecular weight excluding hydrogens is 276 g/mol. The molecule has 0 amide bonds. The van der Waals surface area contributed by atoms with E-state index in [-0.39, 0.29) is 17.2 Å². The maximum absolute atomic E-state index is 11.9. The number of anilines is 1. The molecule has 0 heterocycles. The Balaban J connectivity index is 2.09. The monoisotopic (exact) mass is 286 g/mol. The summed E-state index contributed by atoms with van der Waals surface area (Å²) in [7, 11) is 0. The van der Waals surface area contributed by atoms with E-state index in [0.717, 1.165) is 5.56 Å². The van der Waals surface area contributed by atoms with Gasteiger partial charge in [0.05, 0.1) is 22.2 Å². The Labute approximate surface area is 121 Å². The van der Waals surface area contributed by atoms with E-state index in [2.05, 4.69) is 0 Å². The van der Waals surface area contributed by atoms with Crippen LogP contribution in [-0.4, -0.2) is 5.97 Å². The van der Waals surface area contributed by atoms with Crippen LogP contribution in [0.4, 0.5) is 5.69 Å². The van der Waals surface area contributed by atoms with Crippen molar-refractivity contribution in [2.75, 3.05) is 5.73 Å². The van der Waals surface area contributed by atoms with Gasteiger partial charge < -0.3 is 10.5 Å². The number of hydrogen-bond donors (Lipinski definition) is 1. The smallest absolute Gasteiger partial charge is 0.340 e. The number of nitrogens with zero attached hydrogens (tertiary/aromatic N) is 1. The fourth-order valence-electron chi connectivity index (χ4n) is 1.66. The number of nitrogens with two attached hydrogens (primary N) is 1. The second kappa shape index (κ2) is 6.09. The largest absolute Gasteiger partial charge is 0.457 e. The topological polar surface area (TPSA) is 76.1 Å².